The van der Waals surface area contributed by atoms with Crippen LogP contribution in [0.4, 0.5) is 11.4 Å². The van der Waals surface area contributed by atoms with Crippen molar-refractivity contribution in [2.75, 3.05) is 15.9 Å². The second kappa shape index (κ2) is 8.08. The summed E-state index contributed by atoms with van der Waals surface area (Å²) in [4.78, 5) is 12.8. The fraction of sp³-hybridized carbons (Fsp3) is 0.235. The van der Waals surface area contributed by atoms with E-state index >= 15 is 0 Å². The molecular formula is C17H18Cl2N2O3S. The van der Waals surface area contributed by atoms with Crippen LogP contribution in [0.1, 0.15) is 13.3 Å². The lowest BCUT2D eigenvalue weighted by Crippen LogP contribution is -2.47. The highest BCUT2D eigenvalue weighted by molar-refractivity contribution is 7.92. The van der Waals surface area contributed by atoms with E-state index in [0.29, 0.717) is 5.69 Å². The Kier molecular flexibility index (Phi) is 6.32. The largest absolute Gasteiger partial charge is 0.322 e. The summed E-state index contributed by atoms with van der Waals surface area (Å²) in [5.74, 6) is -0.508. The zero-order valence-corrected chi connectivity index (χ0v) is 16.1. The van der Waals surface area contributed by atoms with Crippen LogP contribution in [-0.2, 0) is 14.8 Å². The maximum atomic E-state index is 12.8. The Balaban J connectivity index is 2.40. The quantitative estimate of drug-likeness (QED) is 0.790. The van der Waals surface area contributed by atoms with Crippen molar-refractivity contribution in [3.8, 4) is 0 Å². The lowest BCUT2D eigenvalue weighted by atomic mass is 10.2. The van der Waals surface area contributed by atoms with E-state index in [9.17, 15) is 13.2 Å². The molecule has 0 bridgehead atoms. The smallest absolute Gasteiger partial charge is 0.248 e. The number of nitrogens with zero attached hydrogens (tertiary/aromatic N) is 1. The van der Waals surface area contributed by atoms with Gasteiger partial charge in [0.25, 0.3) is 0 Å². The van der Waals surface area contributed by atoms with Crippen LogP contribution in [0.3, 0.4) is 0 Å². The van der Waals surface area contributed by atoms with Crippen molar-refractivity contribution in [2.45, 2.75) is 19.4 Å². The van der Waals surface area contributed by atoms with E-state index in [1.165, 1.54) is 0 Å². The van der Waals surface area contributed by atoms with Crippen LogP contribution in [-0.4, -0.2) is 26.6 Å². The molecule has 0 aliphatic carbocycles. The number of sulfonamides is 1. The summed E-state index contributed by atoms with van der Waals surface area (Å²) in [6, 6.07) is 12.4. The molecule has 0 saturated heterocycles. The molecule has 0 aliphatic rings. The Morgan fingerprint density at radius 3 is 2.12 bits per heavy atom. The summed E-state index contributed by atoms with van der Waals surface area (Å²) < 4.78 is 25.7. The number of benzene rings is 2. The second-order valence-electron chi connectivity index (χ2n) is 5.40. The third-order valence-electron chi connectivity index (χ3n) is 3.55. The number of para-hydroxylation sites is 2. The van der Waals surface area contributed by atoms with Crippen molar-refractivity contribution in [3.05, 3.63) is 58.6 Å². The Bertz CT molecular complexity index is 837. The van der Waals surface area contributed by atoms with E-state index < -0.39 is 22.0 Å². The van der Waals surface area contributed by atoms with Gasteiger partial charge in [0, 0.05) is 0 Å². The van der Waals surface area contributed by atoms with Crippen LogP contribution in [0.25, 0.3) is 0 Å². The standard InChI is InChI=1S/C17H18Cl2N2O3S/c1-3-15(17(22)20-16-13(18)10-7-11-14(16)19)21(25(2,23)24)12-8-5-4-6-9-12/h4-11,15H,3H2,1-2H3,(H,20,22). The van der Waals surface area contributed by atoms with Gasteiger partial charge in [0.2, 0.25) is 15.9 Å². The lowest BCUT2D eigenvalue weighted by Gasteiger charge is -2.30. The summed E-state index contributed by atoms with van der Waals surface area (Å²) in [6.45, 7) is 1.74. The molecule has 1 atom stereocenters. The molecule has 2 aromatic rings. The van der Waals surface area contributed by atoms with Gasteiger partial charge in [-0.1, -0.05) is 54.4 Å². The maximum absolute atomic E-state index is 12.8. The number of amides is 1. The average Bonchev–Trinajstić information content (AvgIpc) is 2.55. The number of hydrogen-bond donors (Lipinski definition) is 1. The molecule has 2 rings (SSSR count). The molecule has 25 heavy (non-hydrogen) atoms. The first-order valence-electron chi connectivity index (χ1n) is 7.55. The van der Waals surface area contributed by atoms with E-state index in [-0.39, 0.29) is 22.2 Å². The molecule has 8 heteroatoms. The highest BCUT2D eigenvalue weighted by atomic mass is 35.5. The predicted molar refractivity (Wildman–Crippen MR) is 103 cm³/mol. The van der Waals surface area contributed by atoms with Crippen molar-refractivity contribution in [2.24, 2.45) is 0 Å². The molecule has 1 N–H and O–H groups in total. The molecule has 0 aromatic heterocycles. The minimum Gasteiger partial charge on any atom is -0.322 e. The summed E-state index contributed by atoms with van der Waals surface area (Å²) in [6.07, 6.45) is 1.34. The number of carbonyl (C=O) groups excluding carboxylic acids is 1. The highest BCUT2D eigenvalue weighted by Gasteiger charge is 2.31. The van der Waals surface area contributed by atoms with Gasteiger partial charge in [-0.25, -0.2) is 8.42 Å². The number of halogens is 2. The van der Waals surface area contributed by atoms with Crippen LogP contribution in [0, 0.1) is 0 Å². The zero-order valence-electron chi connectivity index (χ0n) is 13.7. The Morgan fingerprint density at radius 2 is 1.64 bits per heavy atom. The first-order valence-corrected chi connectivity index (χ1v) is 10.2. The van der Waals surface area contributed by atoms with Gasteiger partial charge < -0.3 is 5.32 Å². The maximum Gasteiger partial charge on any atom is 0.248 e. The molecular weight excluding hydrogens is 383 g/mol. The van der Waals surface area contributed by atoms with E-state index in [0.717, 1.165) is 10.6 Å². The SMILES string of the molecule is CCC(C(=O)Nc1c(Cl)cccc1Cl)N(c1ccccc1)S(C)(=O)=O. The number of carbonyl (C=O) groups is 1. The van der Waals surface area contributed by atoms with Gasteiger partial charge in [-0.2, -0.15) is 0 Å². The van der Waals surface area contributed by atoms with Gasteiger partial charge in [0.05, 0.1) is 27.7 Å². The molecule has 1 amide bonds. The van der Waals surface area contributed by atoms with Gasteiger partial charge in [-0.05, 0) is 30.7 Å². The fourth-order valence-electron chi connectivity index (χ4n) is 2.46. The topological polar surface area (TPSA) is 66.5 Å². The van der Waals surface area contributed by atoms with E-state index in [1.54, 1.807) is 55.5 Å². The van der Waals surface area contributed by atoms with Gasteiger partial charge in [0.15, 0.2) is 0 Å². The van der Waals surface area contributed by atoms with Crippen molar-refractivity contribution >= 4 is 50.5 Å². The fourth-order valence-corrected chi connectivity index (χ4v) is 4.16. The van der Waals surface area contributed by atoms with Gasteiger partial charge >= 0.3 is 0 Å². The van der Waals surface area contributed by atoms with E-state index in [2.05, 4.69) is 5.32 Å². The van der Waals surface area contributed by atoms with Crippen LogP contribution in [0.5, 0.6) is 0 Å². The first kappa shape index (κ1) is 19.6. The highest BCUT2D eigenvalue weighted by Crippen LogP contribution is 2.31. The number of anilines is 2. The van der Waals surface area contributed by atoms with Crippen molar-refractivity contribution in [3.63, 3.8) is 0 Å². The summed E-state index contributed by atoms with van der Waals surface area (Å²) in [5, 5.41) is 3.20. The number of hydrogen-bond acceptors (Lipinski definition) is 3. The van der Waals surface area contributed by atoms with Crippen molar-refractivity contribution < 1.29 is 13.2 Å². The Morgan fingerprint density at radius 1 is 1.08 bits per heavy atom. The molecule has 0 radical (unpaired) electrons. The Hall–Kier alpha value is -1.76. The third-order valence-corrected chi connectivity index (χ3v) is 5.36. The lowest BCUT2D eigenvalue weighted by molar-refractivity contribution is -0.117. The second-order valence-corrected chi connectivity index (χ2v) is 8.08. The van der Waals surface area contributed by atoms with Gasteiger partial charge in [0.1, 0.15) is 6.04 Å². The van der Waals surface area contributed by atoms with Crippen molar-refractivity contribution in [1.82, 2.24) is 0 Å². The minimum atomic E-state index is -3.68. The monoisotopic (exact) mass is 400 g/mol. The molecule has 0 spiro atoms. The number of nitrogens with one attached hydrogen (secondary N) is 1. The van der Waals surface area contributed by atoms with Crippen LogP contribution in [0.2, 0.25) is 10.0 Å². The van der Waals surface area contributed by atoms with E-state index in [1.807, 2.05) is 0 Å². The Labute approximate surface area is 157 Å². The van der Waals surface area contributed by atoms with Crippen LogP contribution < -0.4 is 9.62 Å². The van der Waals surface area contributed by atoms with E-state index in [4.69, 9.17) is 23.2 Å². The normalized spacial score (nSPS) is 12.5. The zero-order chi connectivity index (χ0) is 18.6. The molecule has 5 nitrogen and oxygen atoms in total. The van der Waals surface area contributed by atoms with Gasteiger partial charge in [-0.15, -0.1) is 0 Å². The summed E-state index contributed by atoms with van der Waals surface area (Å²) in [5.41, 5.74) is 0.674. The summed E-state index contributed by atoms with van der Waals surface area (Å²) >= 11 is 12.2. The average molecular weight is 401 g/mol. The molecule has 0 aliphatic heterocycles. The van der Waals surface area contributed by atoms with Crippen LogP contribution >= 0.6 is 23.2 Å². The first-order chi connectivity index (χ1) is 11.8. The summed E-state index contributed by atoms with van der Waals surface area (Å²) in [7, 11) is -3.68. The van der Waals surface area contributed by atoms with Crippen molar-refractivity contribution in [1.29, 1.82) is 0 Å². The predicted octanol–water partition coefficient (Wildman–Crippen LogP) is 4.18. The molecule has 0 fully saturated rings. The van der Waals surface area contributed by atoms with Gasteiger partial charge in [-0.3, -0.25) is 9.10 Å². The van der Waals surface area contributed by atoms with Crippen LogP contribution in [0.15, 0.2) is 48.5 Å². The third kappa shape index (κ3) is 4.66. The molecule has 0 heterocycles. The molecule has 134 valence electrons. The minimum absolute atomic E-state index is 0.260. The molecule has 1 unspecified atom stereocenters. The number of rotatable bonds is 6. The molecule has 0 saturated carbocycles. The molecule has 2 aromatic carbocycles.